The number of ether oxygens (including phenoxy) is 1. The van der Waals surface area contributed by atoms with Crippen molar-refractivity contribution in [1.29, 1.82) is 0 Å². The van der Waals surface area contributed by atoms with Crippen LogP contribution in [0.25, 0.3) is 22.4 Å². The van der Waals surface area contributed by atoms with Crippen LogP contribution in [0.15, 0.2) is 58.5 Å². The fourth-order valence-electron chi connectivity index (χ4n) is 4.93. The summed E-state index contributed by atoms with van der Waals surface area (Å²) >= 11 is 13.4. The summed E-state index contributed by atoms with van der Waals surface area (Å²) in [6, 6.07) is 8.72. The van der Waals surface area contributed by atoms with E-state index in [1.165, 1.54) is 27.4 Å². The van der Waals surface area contributed by atoms with E-state index in [4.69, 9.17) is 27.9 Å². The molecule has 4 aromatic rings. The molecule has 1 saturated heterocycles. The van der Waals surface area contributed by atoms with Gasteiger partial charge < -0.3 is 25.3 Å². The van der Waals surface area contributed by atoms with Crippen molar-refractivity contribution in [2.45, 2.75) is 25.4 Å². The van der Waals surface area contributed by atoms with Crippen molar-refractivity contribution in [3.63, 3.8) is 0 Å². The molecule has 0 aliphatic carbocycles. The Morgan fingerprint density at radius 1 is 1.14 bits per heavy atom. The summed E-state index contributed by atoms with van der Waals surface area (Å²) in [4.78, 5) is 58.0. The number of pyridine rings is 2. The molecule has 5 rings (SSSR count). The predicted octanol–water partition coefficient (Wildman–Crippen LogP) is 3.14. The first-order valence-corrected chi connectivity index (χ1v) is 14.4. The molecule has 0 radical (unpaired) electrons. The quantitative estimate of drug-likeness (QED) is 0.253. The number of rotatable bonds is 9. The molecule has 228 valence electrons. The number of carbonyl (C=O) groups excluding carboxylic acids is 2. The van der Waals surface area contributed by atoms with E-state index in [2.05, 4.69) is 25.9 Å². The maximum atomic E-state index is 13.0. The Bertz CT molecular complexity index is 1890. The Hall–Kier alpha value is -4.52. The summed E-state index contributed by atoms with van der Waals surface area (Å²) in [6.45, 7) is 1.00. The van der Waals surface area contributed by atoms with Crippen LogP contribution in [-0.2, 0) is 25.4 Å². The van der Waals surface area contributed by atoms with E-state index >= 15 is 0 Å². The highest BCUT2D eigenvalue weighted by Gasteiger charge is 2.21. The Labute approximate surface area is 262 Å². The molecule has 1 aliphatic rings. The number of hydrogen-bond acceptors (Lipinski definition) is 8. The van der Waals surface area contributed by atoms with Crippen molar-refractivity contribution in [2.24, 2.45) is 14.1 Å². The first-order chi connectivity index (χ1) is 21.1. The molecule has 0 bridgehead atoms. The molecule has 14 heteroatoms. The summed E-state index contributed by atoms with van der Waals surface area (Å²) < 4.78 is 7.57. The van der Waals surface area contributed by atoms with Gasteiger partial charge in [-0.15, -0.1) is 0 Å². The van der Waals surface area contributed by atoms with Gasteiger partial charge in [0, 0.05) is 80.5 Å². The summed E-state index contributed by atoms with van der Waals surface area (Å²) in [7, 11) is 4.27. The zero-order chi connectivity index (χ0) is 31.5. The van der Waals surface area contributed by atoms with Gasteiger partial charge in [0.05, 0.1) is 28.5 Å². The van der Waals surface area contributed by atoms with Crippen molar-refractivity contribution in [1.82, 2.24) is 29.7 Å². The summed E-state index contributed by atoms with van der Waals surface area (Å²) in [5, 5.41) is 9.58. The molecule has 1 fully saturated rings. The van der Waals surface area contributed by atoms with Gasteiger partial charge >= 0.3 is 5.69 Å². The lowest BCUT2D eigenvalue weighted by molar-refractivity contribution is -0.119. The first kappa shape index (κ1) is 30.9. The number of methoxy groups -OCH3 is 1. The van der Waals surface area contributed by atoms with E-state index in [1.54, 1.807) is 36.7 Å². The lowest BCUT2D eigenvalue weighted by Gasteiger charge is -2.15. The fourth-order valence-corrected chi connectivity index (χ4v) is 5.46. The normalized spacial score (nSPS) is 14.4. The molecule has 12 nitrogen and oxygen atoms in total. The van der Waals surface area contributed by atoms with Crippen LogP contribution in [0.4, 0.5) is 5.69 Å². The number of benzene rings is 1. The van der Waals surface area contributed by atoms with E-state index in [0.717, 1.165) is 15.6 Å². The van der Waals surface area contributed by atoms with E-state index in [1.807, 2.05) is 6.07 Å². The standard InChI is InChI=1S/C30H29Cl2N7O5/c1-38-15-21(29(42)39(2)30(38)43)27(41)36-23-6-4-5-19(26(23)32)16-9-17(12-33-11-16)24-10-22(31)20(28(37-24)44-3)14-34-13-18-7-8-25(40)35-18/h4-6,9-12,15,18,34H,7-8,13-14H2,1-3H3,(H,35,40)(H,36,41)/t18-/m1/s1. The van der Waals surface area contributed by atoms with Crippen LogP contribution in [0.2, 0.25) is 10.0 Å². The lowest BCUT2D eigenvalue weighted by atomic mass is 10.0. The highest BCUT2D eigenvalue weighted by Crippen LogP contribution is 2.36. The Morgan fingerprint density at radius 3 is 2.64 bits per heavy atom. The second-order valence-corrected chi connectivity index (χ2v) is 11.1. The molecule has 1 aromatic carbocycles. The van der Waals surface area contributed by atoms with Gasteiger partial charge in [0.2, 0.25) is 11.8 Å². The number of halogens is 2. The zero-order valence-electron chi connectivity index (χ0n) is 24.1. The van der Waals surface area contributed by atoms with Gasteiger partial charge in [-0.1, -0.05) is 35.3 Å². The van der Waals surface area contributed by atoms with Crippen LogP contribution >= 0.6 is 23.2 Å². The number of anilines is 1. The van der Waals surface area contributed by atoms with Gasteiger partial charge in [-0.25, -0.2) is 9.78 Å². The van der Waals surface area contributed by atoms with Gasteiger partial charge in [0.15, 0.2) is 0 Å². The van der Waals surface area contributed by atoms with Gasteiger partial charge in [-0.05, 0) is 24.6 Å². The van der Waals surface area contributed by atoms with Crippen LogP contribution in [-0.4, -0.2) is 50.6 Å². The summed E-state index contributed by atoms with van der Waals surface area (Å²) in [5.41, 5.74) is 1.87. The topological polar surface area (TPSA) is 149 Å². The van der Waals surface area contributed by atoms with E-state index < -0.39 is 17.2 Å². The Balaban J connectivity index is 1.39. The van der Waals surface area contributed by atoms with E-state index in [-0.39, 0.29) is 28.2 Å². The third-order valence-corrected chi connectivity index (χ3v) is 8.03. The molecular formula is C30H29Cl2N7O5. The second-order valence-electron chi connectivity index (χ2n) is 10.3. The lowest BCUT2D eigenvalue weighted by Crippen LogP contribution is -2.40. The number of carbonyl (C=O) groups is 2. The summed E-state index contributed by atoms with van der Waals surface area (Å²) in [5.74, 6) is -0.297. The van der Waals surface area contributed by atoms with Crippen molar-refractivity contribution in [2.75, 3.05) is 19.0 Å². The number of nitrogens with zero attached hydrogens (tertiary/aromatic N) is 4. The fraction of sp³-hybridized carbons (Fsp3) is 0.267. The Morgan fingerprint density at radius 2 is 1.91 bits per heavy atom. The van der Waals surface area contributed by atoms with Gasteiger partial charge in [-0.3, -0.25) is 23.9 Å². The minimum absolute atomic E-state index is 0.0560. The largest absolute Gasteiger partial charge is 0.481 e. The molecule has 1 atom stereocenters. The molecule has 1 aliphatic heterocycles. The second kappa shape index (κ2) is 13.0. The Kier molecular flexibility index (Phi) is 9.14. The van der Waals surface area contributed by atoms with Crippen LogP contribution in [0.3, 0.4) is 0 Å². The number of aromatic nitrogens is 4. The SMILES string of the molecule is COc1nc(-c2cncc(-c3cccc(NC(=O)c4cn(C)c(=O)n(C)c4=O)c3Cl)c2)cc(Cl)c1CNC[C@H]1CCC(=O)N1. The molecule has 2 amide bonds. The van der Waals surface area contributed by atoms with Gasteiger partial charge in [0.1, 0.15) is 5.56 Å². The predicted molar refractivity (Wildman–Crippen MR) is 167 cm³/mol. The third-order valence-electron chi connectivity index (χ3n) is 7.29. The highest BCUT2D eigenvalue weighted by atomic mass is 35.5. The monoisotopic (exact) mass is 637 g/mol. The van der Waals surface area contributed by atoms with Crippen LogP contribution in [0.5, 0.6) is 5.88 Å². The highest BCUT2D eigenvalue weighted by molar-refractivity contribution is 6.36. The summed E-state index contributed by atoms with van der Waals surface area (Å²) in [6.07, 6.45) is 5.76. The first-order valence-electron chi connectivity index (χ1n) is 13.6. The number of nitrogens with one attached hydrogen (secondary N) is 3. The minimum atomic E-state index is -0.722. The molecule has 3 N–H and O–H groups in total. The molecule has 0 unspecified atom stereocenters. The number of aryl methyl sites for hydroxylation is 1. The number of hydrogen-bond donors (Lipinski definition) is 3. The van der Waals surface area contributed by atoms with Crippen molar-refractivity contribution >= 4 is 40.7 Å². The molecule has 44 heavy (non-hydrogen) atoms. The van der Waals surface area contributed by atoms with Crippen molar-refractivity contribution in [3.05, 3.63) is 90.9 Å². The molecular weight excluding hydrogens is 609 g/mol. The van der Waals surface area contributed by atoms with Crippen LogP contribution < -0.4 is 31.9 Å². The van der Waals surface area contributed by atoms with Crippen LogP contribution in [0.1, 0.15) is 28.8 Å². The third kappa shape index (κ3) is 6.37. The van der Waals surface area contributed by atoms with Gasteiger partial charge in [-0.2, -0.15) is 0 Å². The van der Waals surface area contributed by atoms with Crippen LogP contribution in [0, 0.1) is 0 Å². The van der Waals surface area contributed by atoms with Crippen molar-refractivity contribution < 1.29 is 14.3 Å². The van der Waals surface area contributed by atoms with Gasteiger partial charge in [0.25, 0.3) is 11.5 Å². The average molecular weight is 639 g/mol. The van der Waals surface area contributed by atoms with E-state index in [0.29, 0.717) is 58.4 Å². The minimum Gasteiger partial charge on any atom is -0.481 e. The maximum Gasteiger partial charge on any atom is 0.330 e. The average Bonchev–Trinajstić information content (AvgIpc) is 3.44. The number of amides is 2. The maximum absolute atomic E-state index is 13.0. The molecule has 4 heterocycles. The molecule has 0 spiro atoms. The smallest absolute Gasteiger partial charge is 0.330 e. The van der Waals surface area contributed by atoms with E-state index in [9.17, 15) is 19.2 Å². The molecule has 0 saturated carbocycles. The van der Waals surface area contributed by atoms with Crippen molar-refractivity contribution in [3.8, 4) is 28.3 Å². The molecule has 3 aromatic heterocycles. The zero-order valence-corrected chi connectivity index (χ0v) is 25.6.